The van der Waals surface area contributed by atoms with E-state index in [1.807, 2.05) is 24.7 Å². The van der Waals surface area contributed by atoms with Gasteiger partial charge in [0.15, 0.2) is 0 Å². The fraction of sp³-hybridized carbons (Fsp3) is 0.308. The van der Waals surface area contributed by atoms with Crippen molar-refractivity contribution in [1.82, 2.24) is 14.9 Å². The Morgan fingerprint density at radius 2 is 2.29 bits per heavy atom. The highest BCUT2D eigenvalue weighted by Gasteiger charge is 1.94. The normalized spacial score (nSPS) is 10.6. The van der Waals surface area contributed by atoms with Crippen molar-refractivity contribution in [2.24, 2.45) is 0 Å². The molecule has 2 N–H and O–H groups in total. The Labute approximate surface area is 101 Å². The minimum Gasteiger partial charge on any atom is -0.508 e. The van der Waals surface area contributed by atoms with E-state index in [2.05, 4.69) is 14.9 Å². The first kappa shape index (κ1) is 11.7. The number of aromatic hydroxyl groups is 1. The maximum absolute atomic E-state index is 9.30. The summed E-state index contributed by atoms with van der Waals surface area (Å²) in [6.07, 6.45) is 6.65. The number of hydrogen-bond acceptors (Lipinski definition) is 3. The first-order valence-electron chi connectivity index (χ1n) is 5.79. The molecule has 0 fully saturated rings. The van der Waals surface area contributed by atoms with Gasteiger partial charge in [0.2, 0.25) is 0 Å². The minimum absolute atomic E-state index is 0.322. The van der Waals surface area contributed by atoms with Crippen molar-refractivity contribution in [3.8, 4) is 5.75 Å². The Kier molecular flexibility index (Phi) is 4.16. The molecule has 17 heavy (non-hydrogen) atoms. The van der Waals surface area contributed by atoms with Crippen LogP contribution in [0.3, 0.4) is 0 Å². The summed E-state index contributed by atoms with van der Waals surface area (Å²) in [5.74, 6) is 0.322. The van der Waals surface area contributed by atoms with Crippen LogP contribution in [0, 0.1) is 0 Å². The Bertz CT molecular complexity index is 440. The van der Waals surface area contributed by atoms with Gasteiger partial charge in [0, 0.05) is 25.5 Å². The van der Waals surface area contributed by atoms with E-state index < -0.39 is 0 Å². The molecule has 0 aliphatic carbocycles. The third-order valence-electron chi connectivity index (χ3n) is 2.57. The molecule has 2 aromatic rings. The second-order valence-corrected chi connectivity index (χ2v) is 4.00. The van der Waals surface area contributed by atoms with Crippen LogP contribution in [0.5, 0.6) is 5.75 Å². The highest BCUT2D eigenvalue weighted by atomic mass is 16.3. The van der Waals surface area contributed by atoms with E-state index >= 15 is 0 Å². The predicted octanol–water partition coefficient (Wildman–Crippen LogP) is 1.77. The molecule has 0 amide bonds. The Balaban J connectivity index is 1.63. The first-order chi connectivity index (χ1) is 8.34. The van der Waals surface area contributed by atoms with Crippen LogP contribution in [0.2, 0.25) is 0 Å². The van der Waals surface area contributed by atoms with Crippen molar-refractivity contribution in [2.45, 2.75) is 19.5 Å². The van der Waals surface area contributed by atoms with Gasteiger partial charge in [0.05, 0.1) is 6.33 Å². The van der Waals surface area contributed by atoms with Gasteiger partial charge in [-0.15, -0.1) is 0 Å². The molecule has 0 saturated carbocycles. The van der Waals surface area contributed by atoms with Gasteiger partial charge in [-0.25, -0.2) is 4.98 Å². The van der Waals surface area contributed by atoms with E-state index in [9.17, 15) is 5.11 Å². The molecule has 0 aliphatic rings. The Morgan fingerprint density at radius 3 is 3.06 bits per heavy atom. The maximum Gasteiger partial charge on any atom is 0.115 e. The van der Waals surface area contributed by atoms with Crippen molar-refractivity contribution in [3.63, 3.8) is 0 Å². The van der Waals surface area contributed by atoms with Crippen molar-refractivity contribution in [2.75, 3.05) is 6.54 Å². The molecule has 4 heteroatoms. The predicted molar refractivity (Wildman–Crippen MR) is 66.7 cm³/mol. The van der Waals surface area contributed by atoms with E-state index in [1.54, 1.807) is 18.3 Å². The molecule has 1 aromatic heterocycles. The van der Waals surface area contributed by atoms with Crippen LogP contribution in [0.1, 0.15) is 12.0 Å². The van der Waals surface area contributed by atoms with E-state index in [0.29, 0.717) is 5.75 Å². The second kappa shape index (κ2) is 6.06. The molecule has 1 aromatic carbocycles. The van der Waals surface area contributed by atoms with E-state index in [1.165, 1.54) is 0 Å². The Hall–Kier alpha value is -1.81. The zero-order valence-corrected chi connectivity index (χ0v) is 9.71. The smallest absolute Gasteiger partial charge is 0.115 e. The second-order valence-electron chi connectivity index (χ2n) is 4.00. The van der Waals surface area contributed by atoms with Crippen LogP contribution < -0.4 is 5.32 Å². The number of nitrogens with zero attached hydrogens (tertiary/aromatic N) is 2. The monoisotopic (exact) mass is 231 g/mol. The summed E-state index contributed by atoms with van der Waals surface area (Å²) >= 11 is 0. The number of nitrogens with one attached hydrogen (secondary N) is 1. The molecule has 0 saturated heterocycles. The molecule has 4 nitrogen and oxygen atoms in total. The number of phenols is 1. The van der Waals surface area contributed by atoms with Crippen LogP contribution >= 0.6 is 0 Å². The first-order valence-corrected chi connectivity index (χ1v) is 5.79. The lowest BCUT2D eigenvalue weighted by Gasteiger charge is -2.05. The van der Waals surface area contributed by atoms with Crippen LogP contribution in [-0.2, 0) is 13.1 Å². The summed E-state index contributed by atoms with van der Waals surface area (Å²) in [6, 6.07) is 7.33. The van der Waals surface area contributed by atoms with Gasteiger partial charge >= 0.3 is 0 Å². The summed E-state index contributed by atoms with van der Waals surface area (Å²) in [5, 5.41) is 12.6. The lowest BCUT2D eigenvalue weighted by molar-refractivity contribution is 0.474. The van der Waals surface area contributed by atoms with Gasteiger partial charge in [0.25, 0.3) is 0 Å². The van der Waals surface area contributed by atoms with E-state index in [4.69, 9.17) is 0 Å². The zero-order chi connectivity index (χ0) is 11.9. The average Bonchev–Trinajstić information content (AvgIpc) is 2.82. The fourth-order valence-corrected chi connectivity index (χ4v) is 1.70. The number of aromatic nitrogens is 2. The summed E-state index contributed by atoms with van der Waals surface area (Å²) in [6.45, 7) is 2.72. The molecule has 90 valence electrons. The van der Waals surface area contributed by atoms with Crippen molar-refractivity contribution in [3.05, 3.63) is 48.5 Å². The molecule has 0 spiro atoms. The summed E-state index contributed by atoms with van der Waals surface area (Å²) in [5.41, 5.74) is 1.10. The maximum atomic E-state index is 9.30. The average molecular weight is 231 g/mol. The van der Waals surface area contributed by atoms with Crippen LogP contribution in [0.15, 0.2) is 43.0 Å². The molecule has 0 unspecified atom stereocenters. The van der Waals surface area contributed by atoms with Gasteiger partial charge in [-0.1, -0.05) is 12.1 Å². The molecule has 0 radical (unpaired) electrons. The van der Waals surface area contributed by atoms with Gasteiger partial charge in [0.1, 0.15) is 5.75 Å². The lowest BCUT2D eigenvalue weighted by Crippen LogP contribution is -2.16. The number of rotatable bonds is 6. The largest absolute Gasteiger partial charge is 0.508 e. The quantitative estimate of drug-likeness (QED) is 0.745. The number of phenolic OH excluding ortho intramolecular Hbond substituents is 1. The van der Waals surface area contributed by atoms with Crippen LogP contribution in [-0.4, -0.2) is 21.2 Å². The number of benzene rings is 1. The molecule has 2 rings (SSSR count). The van der Waals surface area contributed by atoms with Gasteiger partial charge in [-0.3, -0.25) is 0 Å². The fourth-order valence-electron chi connectivity index (χ4n) is 1.70. The highest BCUT2D eigenvalue weighted by molar-refractivity contribution is 5.26. The summed E-state index contributed by atoms with van der Waals surface area (Å²) in [4.78, 5) is 3.99. The number of imidazole rings is 1. The molecular weight excluding hydrogens is 214 g/mol. The highest BCUT2D eigenvalue weighted by Crippen LogP contribution is 2.10. The summed E-state index contributed by atoms with van der Waals surface area (Å²) in [7, 11) is 0. The molecule has 0 aliphatic heterocycles. The van der Waals surface area contributed by atoms with E-state index in [0.717, 1.165) is 31.6 Å². The standard InChI is InChI=1S/C13H17N3O/c17-13-4-1-3-12(9-13)10-14-5-2-7-16-8-6-15-11-16/h1,3-4,6,8-9,11,14,17H,2,5,7,10H2. The van der Waals surface area contributed by atoms with Gasteiger partial charge < -0.3 is 15.0 Å². The molecular formula is C13H17N3O. The number of hydrogen-bond donors (Lipinski definition) is 2. The third-order valence-corrected chi connectivity index (χ3v) is 2.57. The topological polar surface area (TPSA) is 50.1 Å². The number of aryl methyl sites for hydroxylation is 1. The minimum atomic E-state index is 0.322. The van der Waals surface area contributed by atoms with Gasteiger partial charge in [-0.05, 0) is 30.7 Å². The zero-order valence-electron chi connectivity index (χ0n) is 9.71. The summed E-state index contributed by atoms with van der Waals surface area (Å²) < 4.78 is 2.07. The van der Waals surface area contributed by atoms with Crippen LogP contribution in [0.25, 0.3) is 0 Å². The molecule has 0 atom stereocenters. The van der Waals surface area contributed by atoms with Crippen molar-refractivity contribution in [1.29, 1.82) is 0 Å². The SMILES string of the molecule is Oc1cccc(CNCCCn2ccnc2)c1. The molecule has 1 heterocycles. The Morgan fingerprint density at radius 1 is 1.35 bits per heavy atom. The molecule has 0 bridgehead atoms. The van der Waals surface area contributed by atoms with Gasteiger partial charge in [-0.2, -0.15) is 0 Å². The van der Waals surface area contributed by atoms with E-state index in [-0.39, 0.29) is 0 Å². The van der Waals surface area contributed by atoms with Crippen molar-refractivity contribution >= 4 is 0 Å². The third kappa shape index (κ3) is 3.92. The lowest BCUT2D eigenvalue weighted by atomic mass is 10.2. The van der Waals surface area contributed by atoms with Crippen molar-refractivity contribution < 1.29 is 5.11 Å². The van der Waals surface area contributed by atoms with Crippen LogP contribution in [0.4, 0.5) is 0 Å².